The lowest BCUT2D eigenvalue weighted by molar-refractivity contribution is -0.00136. The van der Waals surface area contributed by atoms with Crippen molar-refractivity contribution in [3.8, 4) is 11.4 Å². The number of hydrogen-bond acceptors (Lipinski definition) is 5. The maximum Gasteiger partial charge on any atom is 0.246 e. The van der Waals surface area contributed by atoms with E-state index in [9.17, 15) is 0 Å². The molecule has 3 rings (SSSR count). The van der Waals surface area contributed by atoms with E-state index in [0.29, 0.717) is 18.3 Å². The molecule has 1 saturated heterocycles. The van der Waals surface area contributed by atoms with Gasteiger partial charge in [-0.15, -0.1) is 12.4 Å². The van der Waals surface area contributed by atoms with E-state index in [0.717, 1.165) is 16.6 Å². The van der Waals surface area contributed by atoms with Gasteiger partial charge in [-0.05, 0) is 19.1 Å². The van der Waals surface area contributed by atoms with Crippen molar-refractivity contribution >= 4 is 28.3 Å². The Morgan fingerprint density at radius 1 is 1.40 bits per heavy atom. The van der Waals surface area contributed by atoms with Crippen molar-refractivity contribution < 1.29 is 9.26 Å². The highest BCUT2D eigenvalue weighted by molar-refractivity contribution is 9.10. The van der Waals surface area contributed by atoms with Gasteiger partial charge >= 0.3 is 0 Å². The minimum Gasteiger partial charge on any atom is -0.375 e. The van der Waals surface area contributed by atoms with Crippen LogP contribution in [0.15, 0.2) is 33.3 Å². The summed E-state index contributed by atoms with van der Waals surface area (Å²) in [5.41, 5.74) is 0.925. The van der Waals surface area contributed by atoms with E-state index in [1.54, 1.807) is 0 Å². The third kappa shape index (κ3) is 3.20. The summed E-state index contributed by atoms with van der Waals surface area (Å²) >= 11 is 3.43. The van der Waals surface area contributed by atoms with Crippen LogP contribution in [0.1, 0.15) is 18.9 Å². The van der Waals surface area contributed by atoms with Crippen LogP contribution in [0.4, 0.5) is 0 Å². The first kappa shape index (κ1) is 15.4. The first-order valence-electron chi connectivity index (χ1n) is 6.18. The van der Waals surface area contributed by atoms with Crippen molar-refractivity contribution in [3.63, 3.8) is 0 Å². The first-order chi connectivity index (χ1) is 9.24. The predicted octanol–water partition coefficient (Wildman–Crippen LogP) is 2.97. The minimum atomic E-state index is -0.0397. The van der Waals surface area contributed by atoms with E-state index < -0.39 is 0 Å². The first-order valence-corrected chi connectivity index (χ1v) is 6.98. The SMILES string of the molecule is C[C@H]1OCCN[C@@H]1c1nc(-c2cccc(Br)c2)no1.Cl. The molecule has 1 fully saturated rings. The van der Waals surface area contributed by atoms with Crippen LogP contribution in [0.3, 0.4) is 0 Å². The van der Waals surface area contributed by atoms with Gasteiger partial charge in [-0.1, -0.05) is 33.2 Å². The largest absolute Gasteiger partial charge is 0.375 e. The number of hydrogen-bond donors (Lipinski definition) is 1. The molecule has 2 aromatic rings. The topological polar surface area (TPSA) is 60.2 Å². The van der Waals surface area contributed by atoms with Gasteiger partial charge in [0.2, 0.25) is 11.7 Å². The summed E-state index contributed by atoms with van der Waals surface area (Å²) in [6, 6.07) is 7.78. The van der Waals surface area contributed by atoms with Gasteiger partial charge in [0, 0.05) is 16.6 Å². The molecule has 5 nitrogen and oxygen atoms in total. The molecule has 0 radical (unpaired) electrons. The smallest absolute Gasteiger partial charge is 0.246 e. The van der Waals surface area contributed by atoms with Crippen LogP contribution >= 0.6 is 28.3 Å². The Morgan fingerprint density at radius 3 is 3.00 bits per heavy atom. The van der Waals surface area contributed by atoms with E-state index in [1.165, 1.54) is 0 Å². The van der Waals surface area contributed by atoms with Crippen LogP contribution in [0, 0.1) is 0 Å². The second-order valence-corrected chi connectivity index (χ2v) is 5.39. The van der Waals surface area contributed by atoms with E-state index in [2.05, 4.69) is 31.4 Å². The van der Waals surface area contributed by atoms with Gasteiger partial charge in [-0.2, -0.15) is 4.98 Å². The lowest BCUT2D eigenvalue weighted by Gasteiger charge is -2.27. The summed E-state index contributed by atoms with van der Waals surface area (Å²) < 4.78 is 11.9. The lowest BCUT2D eigenvalue weighted by Crippen LogP contribution is -2.40. The number of halogens is 2. The maximum absolute atomic E-state index is 5.58. The van der Waals surface area contributed by atoms with Crippen molar-refractivity contribution in [3.05, 3.63) is 34.6 Å². The zero-order chi connectivity index (χ0) is 13.2. The highest BCUT2D eigenvalue weighted by Crippen LogP contribution is 2.24. The third-order valence-electron chi connectivity index (χ3n) is 3.11. The average Bonchev–Trinajstić information content (AvgIpc) is 2.89. The number of aromatic nitrogens is 2. The van der Waals surface area contributed by atoms with Crippen LogP contribution < -0.4 is 5.32 Å². The van der Waals surface area contributed by atoms with Crippen LogP contribution in [-0.2, 0) is 4.74 Å². The summed E-state index contributed by atoms with van der Waals surface area (Å²) in [6.45, 7) is 3.51. The fourth-order valence-corrected chi connectivity index (χ4v) is 2.52. The summed E-state index contributed by atoms with van der Waals surface area (Å²) in [5.74, 6) is 1.16. The van der Waals surface area contributed by atoms with Gasteiger partial charge in [0.1, 0.15) is 6.04 Å². The Kier molecular flexibility index (Phi) is 5.15. The molecular weight excluding hydrogens is 346 g/mol. The van der Waals surface area contributed by atoms with E-state index >= 15 is 0 Å². The molecule has 1 N–H and O–H groups in total. The van der Waals surface area contributed by atoms with Crippen molar-refractivity contribution in [1.29, 1.82) is 0 Å². The van der Waals surface area contributed by atoms with Crippen LogP contribution in [-0.4, -0.2) is 29.4 Å². The standard InChI is InChI=1S/C13H14BrN3O2.ClH/c1-8-11(15-5-6-18-8)13-16-12(17-19-13)9-3-2-4-10(14)7-9;/h2-4,7-8,11,15H,5-6H2,1H3;1H/t8-,11+;/m1./s1. The Bertz CT molecular complexity index is 578. The summed E-state index contributed by atoms with van der Waals surface area (Å²) in [6.07, 6.45) is 0.0320. The molecule has 108 valence electrons. The molecule has 0 spiro atoms. The van der Waals surface area contributed by atoms with Crippen molar-refractivity contribution in [2.45, 2.75) is 19.1 Å². The molecular formula is C13H15BrClN3O2. The van der Waals surface area contributed by atoms with Crippen LogP contribution in [0.5, 0.6) is 0 Å². The Hall–Kier alpha value is -0.950. The molecule has 0 unspecified atom stereocenters. The number of ether oxygens (including phenoxy) is 1. The molecule has 0 aliphatic carbocycles. The quantitative estimate of drug-likeness (QED) is 0.892. The molecule has 1 aliphatic rings. The number of morpholine rings is 1. The summed E-state index contributed by atoms with van der Waals surface area (Å²) in [7, 11) is 0. The highest BCUT2D eigenvalue weighted by Gasteiger charge is 2.28. The molecule has 0 bridgehead atoms. The Labute approximate surface area is 131 Å². The normalized spacial score (nSPS) is 22.3. The van der Waals surface area contributed by atoms with Crippen LogP contribution in [0.25, 0.3) is 11.4 Å². The second kappa shape index (κ2) is 6.67. The fourth-order valence-electron chi connectivity index (χ4n) is 2.12. The van der Waals surface area contributed by atoms with Gasteiger partial charge in [0.15, 0.2) is 0 Å². The Morgan fingerprint density at radius 2 is 2.25 bits per heavy atom. The van der Waals surface area contributed by atoms with E-state index in [1.807, 2.05) is 31.2 Å². The molecule has 20 heavy (non-hydrogen) atoms. The van der Waals surface area contributed by atoms with E-state index in [-0.39, 0.29) is 24.6 Å². The van der Waals surface area contributed by atoms with Gasteiger partial charge in [0.25, 0.3) is 0 Å². The van der Waals surface area contributed by atoms with Gasteiger partial charge < -0.3 is 14.6 Å². The lowest BCUT2D eigenvalue weighted by atomic mass is 10.1. The second-order valence-electron chi connectivity index (χ2n) is 4.47. The van der Waals surface area contributed by atoms with Gasteiger partial charge in [-0.25, -0.2) is 0 Å². The number of nitrogens with zero attached hydrogens (tertiary/aromatic N) is 2. The summed E-state index contributed by atoms with van der Waals surface area (Å²) in [5, 5.41) is 7.37. The average molecular weight is 361 g/mol. The zero-order valence-corrected chi connectivity index (χ0v) is 13.3. The van der Waals surface area contributed by atoms with Gasteiger partial charge in [0.05, 0.1) is 12.7 Å². The molecule has 2 heterocycles. The molecule has 0 saturated carbocycles. The fraction of sp³-hybridized carbons (Fsp3) is 0.385. The highest BCUT2D eigenvalue weighted by atomic mass is 79.9. The molecule has 1 aromatic heterocycles. The number of rotatable bonds is 2. The van der Waals surface area contributed by atoms with Crippen molar-refractivity contribution in [2.24, 2.45) is 0 Å². The molecule has 2 atom stereocenters. The monoisotopic (exact) mass is 359 g/mol. The Balaban J connectivity index is 0.00000147. The van der Waals surface area contributed by atoms with E-state index in [4.69, 9.17) is 9.26 Å². The predicted molar refractivity (Wildman–Crippen MR) is 80.8 cm³/mol. The summed E-state index contributed by atoms with van der Waals surface area (Å²) in [4.78, 5) is 4.45. The molecule has 1 aliphatic heterocycles. The molecule has 0 amide bonds. The number of benzene rings is 1. The van der Waals surface area contributed by atoms with Crippen molar-refractivity contribution in [2.75, 3.05) is 13.2 Å². The van der Waals surface area contributed by atoms with Gasteiger partial charge in [-0.3, -0.25) is 0 Å². The minimum absolute atomic E-state index is 0. The third-order valence-corrected chi connectivity index (χ3v) is 3.60. The zero-order valence-electron chi connectivity index (χ0n) is 10.9. The van der Waals surface area contributed by atoms with Crippen LogP contribution in [0.2, 0.25) is 0 Å². The molecule has 1 aromatic carbocycles. The van der Waals surface area contributed by atoms with Crippen molar-refractivity contribution in [1.82, 2.24) is 15.5 Å². The maximum atomic E-state index is 5.58. The number of nitrogens with one attached hydrogen (secondary N) is 1. The molecule has 7 heteroatoms.